The number of morpholine rings is 1. The van der Waals surface area contributed by atoms with Gasteiger partial charge in [0, 0.05) is 32.7 Å². The number of hydrogen-bond donors (Lipinski definition) is 6. The number of aromatic nitrogens is 4. The van der Waals surface area contributed by atoms with Crippen LogP contribution in [0.2, 0.25) is 0 Å². The van der Waals surface area contributed by atoms with Crippen molar-refractivity contribution in [2.24, 2.45) is 0 Å². The predicted molar refractivity (Wildman–Crippen MR) is 104 cm³/mol. The van der Waals surface area contributed by atoms with E-state index in [1.165, 1.54) is 6.33 Å². The molecule has 12 heteroatoms. The van der Waals surface area contributed by atoms with Gasteiger partial charge >= 0.3 is 0 Å². The lowest BCUT2D eigenvalue weighted by Crippen LogP contribution is -2.39. The summed E-state index contributed by atoms with van der Waals surface area (Å²) >= 11 is 0. The van der Waals surface area contributed by atoms with E-state index in [-0.39, 0.29) is 13.2 Å². The first-order valence-electron chi connectivity index (χ1n) is 9.77. The molecule has 0 radical (unpaired) electrons. The van der Waals surface area contributed by atoms with E-state index in [9.17, 15) is 15.3 Å². The number of hydrogen-bond acceptors (Lipinski definition) is 11. The third-order valence-electron chi connectivity index (χ3n) is 5.21. The van der Waals surface area contributed by atoms with Gasteiger partial charge in [-0.15, -0.1) is 0 Å². The summed E-state index contributed by atoms with van der Waals surface area (Å²) in [6.45, 7) is 4.73. The Morgan fingerprint density at radius 1 is 1.14 bits per heavy atom. The van der Waals surface area contributed by atoms with Crippen molar-refractivity contribution in [3.8, 4) is 0 Å². The lowest BCUT2D eigenvalue weighted by atomic mass is 10.1. The van der Waals surface area contributed by atoms with Gasteiger partial charge in [0.1, 0.15) is 29.9 Å². The number of aliphatic hydroxyl groups excluding tert-OH is 3. The van der Waals surface area contributed by atoms with Gasteiger partial charge in [0.05, 0.1) is 26.1 Å². The molecule has 12 nitrogen and oxygen atoms in total. The van der Waals surface area contributed by atoms with E-state index in [0.29, 0.717) is 29.5 Å². The van der Waals surface area contributed by atoms with Crippen LogP contribution in [0.3, 0.4) is 0 Å². The van der Waals surface area contributed by atoms with Crippen LogP contribution >= 0.6 is 0 Å². The van der Waals surface area contributed by atoms with E-state index in [4.69, 9.17) is 9.47 Å². The van der Waals surface area contributed by atoms with Crippen LogP contribution < -0.4 is 10.6 Å². The Balaban J connectivity index is 1.38. The number of anilines is 2. The molecule has 2 aliphatic heterocycles. The first-order valence-corrected chi connectivity index (χ1v) is 9.77. The molecule has 2 aromatic heterocycles. The van der Waals surface area contributed by atoms with Gasteiger partial charge in [0.2, 0.25) is 5.95 Å². The van der Waals surface area contributed by atoms with Gasteiger partial charge in [-0.05, 0) is 0 Å². The topological polar surface area (TPSA) is 161 Å². The lowest BCUT2D eigenvalue weighted by Gasteiger charge is -2.26. The van der Waals surface area contributed by atoms with Crippen LogP contribution in [0.5, 0.6) is 0 Å². The summed E-state index contributed by atoms with van der Waals surface area (Å²) in [5.74, 6) is 0.959. The maximum absolute atomic E-state index is 10.1. The number of nitrogens with zero attached hydrogens (tertiary/aromatic N) is 4. The zero-order valence-corrected chi connectivity index (χ0v) is 16.0. The maximum atomic E-state index is 10.1. The zero-order valence-electron chi connectivity index (χ0n) is 16.0. The normalized spacial score (nSPS) is 28.1. The van der Waals surface area contributed by atoms with Gasteiger partial charge < -0.3 is 40.4 Å². The number of nitrogens with one attached hydrogen (secondary N) is 3. The molecule has 2 aromatic rings. The van der Waals surface area contributed by atoms with Crippen LogP contribution in [0, 0.1) is 0 Å². The minimum atomic E-state index is -1.12. The quantitative estimate of drug-likeness (QED) is 0.286. The molecule has 6 N–H and O–H groups in total. The van der Waals surface area contributed by atoms with E-state index in [1.807, 2.05) is 0 Å². The molecule has 0 unspecified atom stereocenters. The largest absolute Gasteiger partial charge is 0.394 e. The van der Waals surface area contributed by atoms with E-state index >= 15 is 0 Å². The zero-order chi connectivity index (χ0) is 20.2. The van der Waals surface area contributed by atoms with Gasteiger partial charge in [-0.25, -0.2) is 4.98 Å². The Hall–Kier alpha value is -2.09. The van der Waals surface area contributed by atoms with E-state index in [0.717, 1.165) is 32.8 Å². The summed E-state index contributed by atoms with van der Waals surface area (Å²) in [6, 6.07) is 0. The number of imidazole rings is 1. The van der Waals surface area contributed by atoms with Crippen molar-refractivity contribution in [2.75, 3.05) is 63.2 Å². The van der Waals surface area contributed by atoms with Crippen molar-refractivity contribution in [3.05, 3.63) is 6.33 Å². The summed E-state index contributed by atoms with van der Waals surface area (Å²) in [5.41, 5.74) is 1.15. The number of aromatic amines is 1. The summed E-state index contributed by atoms with van der Waals surface area (Å²) in [5, 5.41) is 35.5. The first kappa shape index (κ1) is 20.2. The number of aliphatic hydroxyl groups is 3. The Bertz CT molecular complexity index is 800. The van der Waals surface area contributed by atoms with Crippen molar-refractivity contribution in [1.82, 2.24) is 24.8 Å². The first-order chi connectivity index (χ1) is 14.2. The van der Waals surface area contributed by atoms with Crippen LogP contribution in [0.4, 0.5) is 11.8 Å². The Kier molecular flexibility index (Phi) is 6.37. The number of fused-ring (bicyclic) bond motifs is 1. The fraction of sp³-hybridized carbons (Fsp3) is 0.706. The molecule has 0 bridgehead atoms. The molecule has 4 atom stereocenters. The van der Waals surface area contributed by atoms with Gasteiger partial charge in [0.25, 0.3) is 0 Å². The third-order valence-corrected chi connectivity index (χ3v) is 5.21. The van der Waals surface area contributed by atoms with Crippen molar-refractivity contribution >= 4 is 22.9 Å². The molecule has 0 amide bonds. The van der Waals surface area contributed by atoms with Crippen LogP contribution in [0.1, 0.15) is 0 Å². The van der Waals surface area contributed by atoms with Crippen molar-refractivity contribution < 1.29 is 24.8 Å². The standard InChI is InChI=1S/C17H27N7O5/c25-8-11-14(27)13(26)10(29-11)7-19-15-12-16(21-9-20-12)23-17(22-15)18-1-2-24-3-5-28-6-4-24/h9-11,13-14,25-27H,1-8H2,(H3,18,19,20,21,22,23)/t10-,11+,13+,14+/m0/s1. The molecule has 0 aromatic carbocycles. The Morgan fingerprint density at radius 2 is 1.93 bits per heavy atom. The summed E-state index contributed by atoms with van der Waals surface area (Å²) in [7, 11) is 0. The minimum Gasteiger partial charge on any atom is -0.394 e. The third kappa shape index (κ3) is 4.57. The molecule has 2 aliphatic rings. The molecule has 2 fully saturated rings. The van der Waals surface area contributed by atoms with Crippen LogP contribution in [-0.4, -0.2) is 117 Å². The van der Waals surface area contributed by atoms with E-state index in [1.54, 1.807) is 0 Å². The van der Waals surface area contributed by atoms with Gasteiger partial charge in [-0.1, -0.05) is 0 Å². The monoisotopic (exact) mass is 409 g/mol. The van der Waals surface area contributed by atoms with Gasteiger partial charge in [0.15, 0.2) is 11.5 Å². The molecule has 29 heavy (non-hydrogen) atoms. The molecule has 160 valence electrons. The average Bonchev–Trinajstić information content (AvgIpc) is 3.32. The highest BCUT2D eigenvalue weighted by molar-refractivity contribution is 5.83. The van der Waals surface area contributed by atoms with E-state index in [2.05, 4.69) is 35.5 Å². The molecular weight excluding hydrogens is 382 g/mol. The second kappa shape index (κ2) is 9.15. The smallest absolute Gasteiger partial charge is 0.226 e. The van der Waals surface area contributed by atoms with Crippen LogP contribution in [0.25, 0.3) is 11.2 Å². The summed E-state index contributed by atoms with van der Waals surface area (Å²) < 4.78 is 10.9. The number of ether oxygens (including phenoxy) is 2. The average molecular weight is 409 g/mol. The summed E-state index contributed by atoms with van der Waals surface area (Å²) in [6.07, 6.45) is -2.15. The van der Waals surface area contributed by atoms with Gasteiger partial charge in [-0.3, -0.25) is 4.90 Å². The van der Waals surface area contributed by atoms with Gasteiger partial charge in [-0.2, -0.15) is 9.97 Å². The highest BCUT2D eigenvalue weighted by atomic mass is 16.6. The van der Waals surface area contributed by atoms with Crippen molar-refractivity contribution in [2.45, 2.75) is 24.4 Å². The lowest BCUT2D eigenvalue weighted by molar-refractivity contribution is -0.0184. The van der Waals surface area contributed by atoms with Crippen LogP contribution in [-0.2, 0) is 9.47 Å². The number of H-pyrrole nitrogens is 1. The second-order valence-electron chi connectivity index (χ2n) is 7.14. The predicted octanol–water partition coefficient (Wildman–Crippen LogP) is -2.01. The Morgan fingerprint density at radius 3 is 2.69 bits per heavy atom. The highest BCUT2D eigenvalue weighted by Gasteiger charge is 2.42. The fourth-order valence-electron chi connectivity index (χ4n) is 3.53. The molecule has 2 saturated heterocycles. The molecule has 4 heterocycles. The van der Waals surface area contributed by atoms with Crippen molar-refractivity contribution in [3.63, 3.8) is 0 Å². The fourth-order valence-corrected chi connectivity index (χ4v) is 3.53. The molecule has 0 aliphatic carbocycles. The van der Waals surface area contributed by atoms with Crippen LogP contribution in [0.15, 0.2) is 6.33 Å². The second-order valence-corrected chi connectivity index (χ2v) is 7.14. The van der Waals surface area contributed by atoms with Crippen molar-refractivity contribution in [1.29, 1.82) is 0 Å². The molecular formula is C17H27N7O5. The number of rotatable bonds is 8. The Labute approximate surface area is 167 Å². The SMILES string of the molecule is OC[C@H]1O[C@@H](CNc2nc(NCCN3CCOCC3)nc3nc[nH]c23)[C@@H](O)[C@@H]1O. The van der Waals surface area contributed by atoms with E-state index < -0.39 is 24.4 Å². The molecule has 0 spiro atoms. The highest BCUT2D eigenvalue weighted by Crippen LogP contribution is 2.23. The minimum absolute atomic E-state index is 0.201. The maximum Gasteiger partial charge on any atom is 0.226 e. The molecule has 4 rings (SSSR count). The summed E-state index contributed by atoms with van der Waals surface area (Å²) in [4.78, 5) is 18.4. The molecule has 0 saturated carbocycles.